The van der Waals surface area contributed by atoms with Crippen molar-refractivity contribution >= 4 is 20.9 Å². The average molecular weight is 409 g/mol. The van der Waals surface area contributed by atoms with Gasteiger partial charge >= 0.3 is 0 Å². The van der Waals surface area contributed by atoms with Crippen LogP contribution in [-0.2, 0) is 22.8 Å². The van der Waals surface area contributed by atoms with Gasteiger partial charge in [0.05, 0.1) is 21.7 Å². The van der Waals surface area contributed by atoms with Gasteiger partial charge in [0.1, 0.15) is 11.6 Å². The van der Waals surface area contributed by atoms with Crippen LogP contribution in [0, 0.1) is 17.5 Å². The molecule has 28 heavy (non-hydrogen) atoms. The summed E-state index contributed by atoms with van der Waals surface area (Å²) in [5.74, 6) is -3.22. The summed E-state index contributed by atoms with van der Waals surface area (Å²) in [7, 11) is -3.37. The van der Waals surface area contributed by atoms with E-state index in [2.05, 4.69) is 4.98 Å². The Hall–Kier alpha value is -2.39. The molecule has 0 amide bonds. The number of hydrogen-bond acceptors (Lipinski definition) is 4. The van der Waals surface area contributed by atoms with Crippen LogP contribution in [0.1, 0.15) is 24.2 Å². The highest BCUT2D eigenvalue weighted by Gasteiger charge is 2.32. The first-order valence-corrected chi connectivity index (χ1v) is 10.5. The zero-order valence-electron chi connectivity index (χ0n) is 15.0. The van der Waals surface area contributed by atoms with Crippen molar-refractivity contribution < 1.29 is 21.6 Å². The quantitative estimate of drug-likeness (QED) is 0.675. The molecule has 1 aromatic heterocycles. The Labute approximate surface area is 159 Å². The lowest BCUT2D eigenvalue weighted by atomic mass is 9.86. The molecule has 0 fully saturated rings. The Morgan fingerprint density at radius 2 is 1.86 bits per heavy atom. The normalized spacial score (nSPS) is 19.8. The highest BCUT2D eigenvalue weighted by atomic mass is 32.2. The van der Waals surface area contributed by atoms with Crippen LogP contribution >= 0.6 is 0 Å². The minimum Gasteiger partial charge on any atom is -0.326 e. The van der Waals surface area contributed by atoms with E-state index in [0.29, 0.717) is 22.9 Å². The number of hydrogen-bond donors (Lipinski definition) is 1. The molecule has 0 radical (unpaired) electrons. The van der Waals surface area contributed by atoms with Gasteiger partial charge in [-0.15, -0.1) is 0 Å². The zero-order valence-corrected chi connectivity index (χ0v) is 15.8. The van der Waals surface area contributed by atoms with Crippen LogP contribution in [0.2, 0.25) is 0 Å². The molecular formula is C19H18F3N3O2S. The molecule has 9 heteroatoms. The molecule has 1 aliphatic heterocycles. The van der Waals surface area contributed by atoms with Crippen LogP contribution in [0.15, 0.2) is 35.2 Å². The molecule has 0 bridgehead atoms. The lowest BCUT2D eigenvalue weighted by Crippen LogP contribution is -2.39. The Morgan fingerprint density at radius 1 is 1.14 bits per heavy atom. The smallest absolute Gasteiger partial charge is 0.178 e. The standard InChI is InChI=1S/C19H18F3N3O2S/c1-2-28(26,27)10-3-4-17-18(5-10)25-9-16(23)12(7-19(25)24-17)11-6-14(21)15(22)8-13(11)20/h3-6,8,12,16H,2,7,9,23H2,1H3/t12-,16+/m1/s1. The van der Waals surface area contributed by atoms with E-state index in [9.17, 15) is 21.6 Å². The van der Waals surface area contributed by atoms with Gasteiger partial charge in [0.2, 0.25) is 0 Å². The third-order valence-electron chi connectivity index (χ3n) is 5.29. The number of sulfone groups is 1. The van der Waals surface area contributed by atoms with Crippen LogP contribution in [-0.4, -0.2) is 29.8 Å². The predicted octanol–water partition coefficient (Wildman–Crippen LogP) is 2.91. The Bertz CT molecular complexity index is 1190. The van der Waals surface area contributed by atoms with Gasteiger partial charge in [-0.05, 0) is 29.8 Å². The SMILES string of the molecule is CCS(=O)(=O)c1ccc2nc3n(c2c1)C[C@H](N)[C@@H](c1cc(F)c(F)cc1F)C3. The Balaban J connectivity index is 1.79. The fourth-order valence-corrected chi connectivity index (χ4v) is 4.62. The van der Waals surface area contributed by atoms with Crippen molar-refractivity contribution in [2.45, 2.75) is 36.7 Å². The van der Waals surface area contributed by atoms with Crippen LogP contribution < -0.4 is 5.73 Å². The molecule has 4 rings (SSSR count). The molecule has 0 spiro atoms. The molecule has 0 saturated heterocycles. The minimum absolute atomic E-state index is 0.0129. The fraction of sp³-hybridized carbons (Fsp3) is 0.316. The van der Waals surface area contributed by atoms with Gasteiger partial charge in [-0.3, -0.25) is 0 Å². The molecule has 0 aliphatic carbocycles. The average Bonchev–Trinajstić information content (AvgIpc) is 3.01. The summed E-state index contributed by atoms with van der Waals surface area (Å²) < 4.78 is 67.3. The predicted molar refractivity (Wildman–Crippen MR) is 98.2 cm³/mol. The monoisotopic (exact) mass is 409 g/mol. The number of halogens is 3. The maximum atomic E-state index is 14.2. The summed E-state index contributed by atoms with van der Waals surface area (Å²) in [4.78, 5) is 4.71. The molecule has 0 unspecified atom stereocenters. The summed E-state index contributed by atoms with van der Waals surface area (Å²) in [6.07, 6.45) is 0.230. The number of nitrogens with zero attached hydrogens (tertiary/aromatic N) is 2. The van der Waals surface area contributed by atoms with Gasteiger partial charge in [0.15, 0.2) is 21.5 Å². The Kier molecular flexibility index (Phi) is 4.46. The van der Waals surface area contributed by atoms with E-state index in [0.717, 1.165) is 6.07 Å². The molecule has 0 saturated carbocycles. The maximum absolute atomic E-state index is 14.2. The van der Waals surface area contributed by atoms with E-state index in [1.54, 1.807) is 19.1 Å². The van der Waals surface area contributed by atoms with Gasteiger partial charge in [-0.2, -0.15) is 0 Å². The van der Waals surface area contributed by atoms with Gasteiger partial charge in [0.25, 0.3) is 0 Å². The number of rotatable bonds is 3. The first-order valence-electron chi connectivity index (χ1n) is 8.83. The second-order valence-electron chi connectivity index (χ2n) is 6.95. The second kappa shape index (κ2) is 6.59. The first kappa shape index (κ1) is 18.9. The third-order valence-corrected chi connectivity index (χ3v) is 7.02. The first-order chi connectivity index (χ1) is 13.2. The summed E-state index contributed by atoms with van der Waals surface area (Å²) in [6.45, 7) is 1.83. The largest absolute Gasteiger partial charge is 0.326 e. The van der Waals surface area contributed by atoms with Crippen molar-refractivity contribution in [1.29, 1.82) is 0 Å². The number of nitrogens with two attached hydrogens (primary N) is 1. The van der Waals surface area contributed by atoms with E-state index in [4.69, 9.17) is 5.73 Å². The van der Waals surface area contributed by atoms with Crippen molar-refractivity contribution in [3.8, 4) is 0 Å². The van der Waals surface area contributed by atoms with E-state index >= 15 is 0 Å². The van der Waals surface area contributed by atoms with E-state index < -0.39 is 39.2 Å². The molecule has 2 heterocycles. The maximum Gasteiger partial charge on any atom is 0.178 e. The fourth-order valence-electron chi connectivity index (χ4n) is 3.72. The summed E-state index contributed by atoms with van der Waals surface area (Å²) in [5.41, 5.74) is 7.48. The molecule has 1 aliphatic rings. The highest BCUT2D eigenvalue weighted by Crippen LogP contribution is 2.34. The van der Waals surface area contributed by atoms with Crippen molar-refractivity contribution in [1.82, 2.24) is 9.55 Å². The number of benzene rings is 2. The molecule has 2 N–H and O–H groups in total. The molecule has 148 valence electrons. The van der Waals surface area contributed by atoms with Gasteiger partial charge < -0.3 is 10.3 Å². The van der Waals surface area contributed by atoms with Crippen molar-refractivity contribution in [3.05, 3.63) is 59.2 Å². The van der Waals surface area contributed by atoms with E-state index in [1.165, 1.54) is 6.07 Å². The Morgan fingerprint density at radius 3 is 2.57 bits per heavy atom. The minimum atomic E-state index is -3.37. The van der Waals surface area contributed by atoms with Crippen LogP contribution in [0.3, 0.4) is 0 Å². The highest BCUT2D eigenvalue weighted by molar-refractivity contribution is 7.91. The lowest BCUT2D eigenvalue weighted by Gasteiger charge is -2.30. The molecule has 2 atom stereocenters. The molecular weight excluding hydrogens is 391 g/mol. The number of fused-ring (bicyclic) bond motifs is 3. The molecule has 3 aromatic rings. The summed E-state index contributed by atoms with van der Waals surface area (Å²) in [5, 5.41) is 0. The lowest BCUT2D eigenvalue weighted by molar-refractivity contribution is 0.391. The molecule has 2 aromatic carbocycles. The van der Waals surface area contributed by atoms with Crippen LogP contribution in [0.5, 0.6) is 0 Å². The van der Waals surface area contributed by atoms with Crippen molar-refractivity contribution in [3.63, 3.8) is 0 Å². The van der Waals surface area contributed by atoms with Crippen LogP contribution in [0.25, 0.3) is 11.0 Å². The second-order valence-corrected chi connectivity index (χ2v) is 9.23. The number of aromatic nitrogens is 2. The summed E-state index contributed by atoms with van der Waals surface area (Å²) >= 11 is 0. The third kappa shape index (κ3) is 2.98. The van der Waals surface area contributed by atoms with Gasteiger partial charge in [0, 0.05) is 31.0 Å². The van der Waals surface area contributed by atoms with E-state index in [-0.39, 0.29) is 29.2 Å². The number of imidazole rings is 1. The summed E-state index contributed by atoms with van der Waals surface area (Å²) in [6, 6.07) is 5.50. The zero-order chi connectivity index (χ0) is 20.2. The van der Waals surface area contributed by atoms with Gasteiger partial charge in [-0.25, -0.2) is 26.6 Å². The van der Waals surface area contributed by atoms with Gasteiger partial charge in [-0.1, -0.05) is 6.92 Å². The van der Waals surface area contributed by atoms with Crippen molar-refractivity contribution in [2.75, 3.05) is 5.75 Å². The molecule has 5 nitrogen and oxygen atoms in total. The van der Waals surface area contributed by atoms with Crippen molar-refractivity contribution in [2.24, 2.45) is 5.73 Å². The topological polar surface area (TPSA) is 78.0 Å². The van der Waals surface area contributed by atoms with E-state index in [1.807, 2.05) is 4.57 Å². The van der Waals surface area contributed by atoms with Crippen LogP contribution in [0.4, 0.5) is 13.2 Å².